The molecule has 6 nitrogen and oxygen atoms in total. The van der Waals surface area contributed by atoms with Crippen molar-refractivity contribution in [1.29, 1.82) is 0 Å². The Morgan fingerprint density at radius 1 is 1.08 bits per heavy atom. The Morgan fingerprint density at radius 2 is 1.81 bits per heavy atom. The van der Waals surface area contributed by atoms with Gasteiger partial charge in [0.2, 0.25) is 11.8 Å². The Labute approximate surface area is 225 Å². The second-order valence-corrected chi connectivity index (χ2v) is 11.2. The molecule has 7 heteroatoms. The summed E-state index contributed by atoms with van der Waals surface area (Å²) in [5.41, 5.74) is 2.34. The SMILES string of the molecule is COCCCN(CC(=O)N(Cc1cccn1Cc1ccc(Br)cc1)C1CCCCC1)C(=O)CC(C)C. The van der Waals surface area contributed by atoms with E-state index in [0.29, 0.717) is 26.1 Å². The van der Waals surface area contributed by atoms with Crippen LogP contribution in [0.2, 0.25) is 0 Å². The largest absolute Gasteiger partial charge is 0.385 e. The van der Waals surface area contributed by atoms with Crippen LogP contribution in [0, 0.1) is 5.92 Å². The fourth-order valence-electron chi connectivity index (χ4n) is 4.95. The number of halogens is 1. The van der Waals surface area contributed by atoms with Crippen LogP contribution in [-0.2, 0) is 27.4 Å². The first-order valence-electron chi connectivity index (χ1n) is 13.3. The molecule has 0 spiro atoms. The van der Waals surface area contributed by atoms with Crippen molar-refractivity contribution >= 4 is 27.7 Å². The second kappa shape index (κ2) is 14.6. The van der Waals surface area contributed by atoms with E-state index < -0.39 is 0 Å². The van der Waals surface area contributed by atoms with Gasteiger partial charge in [0.1, 0.15) is 0 Å². The number of hydrogen-bond donors (Lipinski definition) is 0. The second-order valence-electron chi connectivity index (χ2n) is 10.3. The van der Waals surface area contributed by atoms with Gasteiger partial charge in [-0.25, -0.2) is 0 Å². The molecular formula is C29H42BrN3O3. The van der Waals surface area contributed by atoms with Crippen molar-refractivity contribution in [1.82, 2.24) is 14.4 Å². The Hall–Kier alpha value is -2.12. The molecule has 0 aliphatic heterocycles. The van der Waals surface area contributed by atoms with Crippen molar-refractivity contribution in [3.63, 3.8) is 0 Å². The Morgan fingerprint density at radius 3 is 2.47 bits per heavy atom. The zero-order valence-corrected chi connectivity index (χ0v) is 23.7. The summed E-state index contributed by atoms with van der Waals surface area (Å²) in [5, 5.41) is 0. The maximum absolute atomic E-state index is 13.8. The van der Waals surface area contributed by atoms with E-state index in [4.69, 9.17) is 4.74 Å². The zero-order valence-electron chi connectivity index (χ0n) is 22.1. The highest BCUT2D eigenvalue weighted by atomic mass is 79.9. The number of hydrogen-bond acceptors (Lipinski definition) is 3. The van der Waals surface area contributed by atoms with Crippen molar-refractivity contribution in [2.75, 3.05) is 26.8 Å². The maximum atomic E-state index is 13.8. The predicted octanol–water partition coefficient (Wildman–Crippen LogP) is 5.87. The minimum absolute atomic E-state index is 0.0489. The molecule has 198 valence electrons. The van der Waals surface area contributed by atoms with E-state index in [1.807, 2.05) is 13.8 Å². The molecule has 0 unspecified atom stereocenters. The maximum Gasteiger partial charge on any atom is 0.242 e. The number of amides is 2. The van der Waals surface area contributed by atoms with Crippen LogP contribution >= 0.6 is 15.9 Å². The quantitative estimate of drug-likeness (QED) is 0.288. The molecule has 0 atom stereocenters. The third-order valence-electron chi connectivity index (χ3n) is 6.90. The van der Waals surface area contributed by atoms with Crippen LogP contribution in [0.5, 0.6) is 0 Å². The number of nitrogens with zero attached hydrogens (tertiary/aromatic N) is 3. The van der Waals surface area contributed by atoms with Gasteiger partial charge < -0.3 is 19.1 Å². The van der Waals surface area contributed by atoms with Crippen molar-refractivity contribution in [3.05, 3.63) is 58.3 Å². The molecular weight excluding hydrogens is 518 g/mol. The highest BCUT2D eigenvalue weighted by Gasteiger charge is 2.29. The minimum Gasteiger partial charge on any atom is -0.385 e. The molecule has 1 aromatic carbocycles. The summed E-state index contributed by atoms with van der Waals surface area (Å²) in [6.45, 7) is 6.68. The van der Waals surface area contributed by atoms with E-state index in [1.54, 1.807) is 12.0 Å². The van der Waals surface area contributed by atoms with E-state index in [2.05, 4.69) is 68.0 Å². The highest BCUT2D eigenvalue weighted by Crippen LogP contribution is 2.25. The van der Waals surface area contributed by atoms with Crippen LogP contribution in [0.3, 0.4) is 0 Å². The van der Waals surface area contributed by atoms with E-state index >= 15 is 0 Å². The van der Waals surface area contributed by atoms with Gasteiger partial charge in [-0.15, -0.1) is 0 Å². The van der Waals surface area contributed by atoms with E-state index in [0.717, 1.165) is 48.8 Å². The molecule has 3 rings (SSSR count). The molecule has 1 heterocycles. The first kappa shape index (κ1) is 28.5. The highest BCUT2D eigenvalue weighted by molar-refractivity contribution is 9.10. The standard InChI is InChI=1S/C29H42BrN3O3/c1-23(2)19-28(34)32(17-8-18-36-3)22-29(35)33(26-9-5-4-6-10-26)21-27-11-7-16-31(27)20-24-12-14-25(30)15-13-24/h7,11-16,23,26H,4-6,8-10,17-22H2,1-3H3. The van der Waals surface area contributed by atoms with Crippen LogP contribution in [0.15, 0.2) is 47.1 Å². The lowest BCUT2D eigenvalue weighted by Gasteiger charge is -2.36. The van der Waals surface area contributed by atoms with E-state index in [-0.39, 0.29) is 30.3 Å². The normalized spacial score (nSPS) is 14.2. The molecule has 1 saturated carbocycles. The number of rotatable bonds is 13. The molecule has 2 aromatic rings. The summed E-state index contributed by atoms with van der Waals surface area (Å²) in [6.07, 6.45) is 8.87. The Kier molecular flexibility index (Phi) is 11.5. The van der Waals surface area contributed by atoms with Crippen LogP contribution in [0.1, 0.15) is 70.1 Å². The van der Waals surface area contributed by atoms with Crippen LogP contribution in [-0.4, -0.2) is 59.0 Å². The molecule has 0 N–H and O–H groups in total. The van der Waals surface area contributed by atoms with E-state index in [9.17, 15) is 9.59 Å². The summed E-state index contributed by atoms with van der Waals surface area (Å²) in [5.74, 6) is 0.360. The lowest BCUT2D eigenvalue weighted by atomic mass is 9.94. The average molecular weight is 561 g/mol. The molecule has 1 aromatic heterocycles. The molecule has 2 amide bonds. The van der Waals surface area contributed by atoms with Crippen LogP contribution in [0.4, 0.5) is 0 Å². The Bertz CT molecular complexity index is 951. The van der Waals surface area contributed by atoms with Gasteiger partial charge in [0.05, 0.1) is 13.1 Å². The number of benzene rings is 1. The first-order chi connectivity index (χ1) is 17.4. The third-order valence-corrected chi connectivity index (χ3v) is 7.42. The van der Waals surface area contributed by atoms with Gasteiger partial charge in [0.25, 0.3) is 0 Å². The molecule has 1 aliphatic carbocycles. The Balaban J connectivity index is 1.77. The topological polar surface area (TPSA) is 54.8 Å². The summed E-state index contributed by atoms with van der Waals surface area (Å²) in [6, 6.07) is 12.8. The molecule has 1 fully saturated rings. The van der Waals surface area contributed by atoms with Gasteiger partial charge in [-0.1, -0.05) is 61.2 Å². The number of carbonyl (C=O) groups is 2. The van der Waals surface area contributed by atoms with Crippen LogP contribution < -0.4 is 0 Å². The van der Waals surface area contributed by atoms with Crippen molar-refractivity contribution in [2.24, 2.45) is 5.92 Å². The lowest BCUT2D eigenvalue weighted by Crippen LogP contribution is -2.48. The number of ether oxygens (including phenoxy) is 1. The van der Waals surface area contributed by atoms with E-state index in [1.165, 1.54) is 12.0 Å². The fourth-order valence-corrected chi connectivity index (χ4v) is 5.21. The van der Waals surface area contributed by atoms with Gasteiger partial charge in [0.15, 0.2) is 0 Å². The summed E-state index contributed by atoms with van der Waals surface area (Å²) in [4.78, 5) is 30.6. The van der Waals surface area contributed by atoms with Gasteiger partial charge in [-0.3, -0.25) is 9.59 Å². The fraction of sp³-hybridized carbons (Fsp3) is 0.586. The third kappa shape index (κ3) is 8.77. The van der Waals surface area contributed by atoms with Crippen molar-refractivity contribution < 1.29 is 14.3 Å². The molecule has 36 heavy (non-hydrogen) atoms. The average Bonchev–Trinajstić information content (AvgIpc) is 3.30. The van der Waals surface area contributed by atoms with Gasteiger partial charge >= 0.3 is 0 Å². The lowest BCUT2D eigenvalue weighted by molar-refractivity contribution is -0.143. The summed E-state index contributed by atoms with van der Waals surface area (Å²) in [7, 11) is 1.67. The van der Waals surface area contributed by atoms with Crippen molar-refractivity contribution in [3.8, 4) is 0 Å². The first-order valence-corrected chi connectivity index (χ1v) is 14.1. The summed E-state index contributed by atoms with van der Waals surface area (Å²) < 4.78 is 8.49. The van der Waals surface area contributed by atoms with Crippen LogP contribution in [0.25, 0.3) is 0 Å². The van der Waals surface area contributed by atoms with Gasteiger partial charge in [0, 0.05) is 55.6 Å². The monoisotopic (exact) mass is 559 g/mol. The van der Waals surface area contributed by atoms with Crippen molar-refractivity contribution in [2.45, 2.75) is 77.9 Å². The number of aromatic nitrogens is 1. The molecule has 0 radical (unpaired) electrons. The summed E-state index contributed by atoms with van der Waals surface area (Å²) >= 11 is 3.51. The smallest absolute Gasteiger partial charge is 0.242 e. The number of carbonyl (C=O) groups excluding carboxylic acids is 2. The van der Waals surface area contributed by atoms with Gasteiger partial charge in [-0.2, -0.15) is 0 Å². The number of methoxy groups -OCH3 is 1. The predicted molar refractivity (Wildman–Crippen MR) is 148 cm³/mol. The minimum atomic E-state index is 0.0489. The molecule has 0 saturated heterocycles. The molecule has 1 aliphatic rings. The zero-order chi connectivity index (χ0) is 25.9. The van der Waals surface area contributed by atoms with Gasteiger partial charge in [-0.05, 0) is 55.0 Å². The molecule has 0 bridgehead atoms.